The standard InChI is InChI=1S/C23H24N4O3/c1-15-9-10-21(16(2)11-15)26-17(3)12-20(18(26)4)14-24-25-23(28)13-19-7-5-6-8-22(19)27(29)30/h5-12,14H,13H2,1-4H3,(H,25,28)/b24-14+. The molecule has 0 unspecified atom stereocenters. The van der Waals surface area contributed by atoms with Crippen LogP contribution in [0, 0.1) is 37.8 Å². The van der Waals surface area contributed by atoms with Crippen LogP contribution in [0.25, 0.3) is 5.69 Å². The van der Waals surface area contributed by atoms with Crippen molar-refractivity contribution in [2.45, 2.75) is 34.1 Å². The molecule has 154 valence electrons. The lowest BCUT2D eigenvalue weighted by Crippen LogP contribution is -2.20. The average molecular weight is 404 g/mol. The van der Waals surface area contributed by atoms with E-state index in [1.165, 1.54) is 17.2 Å². The molecule has 0 saturated carbocycles. The van der Waals surface area contributed by atoms with Gasteiger partial charge < -0.3 is 4.57 Å². The van der Waals surface area contributed by atoms with Crippen molar-refractivity contribution in [3.05, 3.63) is 92.3 Å². The summed E-state index contributed by atoms with van der Waals surface area (Å²) in [4.78, 5) is 22.8. The van der Waals surface area contributed by atoms with Gasteiger partial charge in [0.2, 0.25) is 5.91 Å². The Bertz CT molecular complexity index is 1150. The molecule has 1 aromatic heterocycles. The Morgan fingerprint density at radius 2 is 1.87 bits per heavy atom. The van der Waals surface area contributed by atoms with E-state index < -0.39 is 10.8 Å². The molecule has 0 atom stereocenters. The van der Waals surface area contributed by atoms with Crippen LogP contribution in [0.4, 0.5) is 5.69 Å². The predicted octanol–water partition coefficient (Wildman–Crippen LogP) is 4.31. The Morgan fingerprint density at radius 3 is 2.57 bits per heavy atom. The van der Waals surface area contributed by atoms with E-state index in [1.54, 1.807) is 24.4 Å². The molecule has 0 fully saturated rings. The molecule has 1 amide bonds. The molecule has 0 spiro atoms. The minimum Gasteiger partial charge on any atom is -0.318 e. The third-order valence-electron chi connectivity index (χ3n) is 5.00. The van der Waals surface area contributed by atoms with Gasteiger partial charge >= 0.3 is 0 Å². The zero-order valence-corrected chi connectivity index (χ0v) is 17.5. The second-order valence-electron chi connectivity index (χ2n) is 7.31. The van der Waals surface area contributed by atoms with Crippen molar-refractivity contribution in [1.29, 1.82) is 0 Å². The third-order valence-corrected chi connectivity index (χ3v) is 5.00. The monoisotopic (exact) mass is 404 g/mol. The molecule has 7 heteroatoms. The molecule has 0 saturated heterocycles. The van der Waals surface area contributed by atoms with Crippen molar-refractivity contribution in [2.24, 2.45) is 5.10 Å². The van der Waals surface area contributed by atoms with Crippen LogP contribution >= 0.6 is 0 Å². The Labute approximate surface area is 175 Å². The summed E-state index contributed by atoms with van der Waals surface area (Å²) in [7, 11) is 0. The van der Waals surface area contributed by atoms with Gasteiger partial charge in [-0.15, -0.1) is 0 Å². The van der Waals surface area contributed by atoms with E-state index in [0.717, 1.165) is 22.6 Å². The summed E-state index contributed by atoms with van der Waals surface area (Å²) in [5.41, 5.74) is 9.19. The predicted molar refractivity (Wildman–Crippen MR) is 117 cm³/mol. The molecular formula is C23H24N4O3. The van der Waals surface area contributed by atoms with Gasteiger partial charge in [-0.2, -0.15) is 5.10 Å². The molecule has 0 bridgehead atoms. The van der Waals surface area contributed by atoms with Gasteiger partial charge in [-0.25, -0.2) is 5.43 Å². The van der Waals surface area contributed by atoms with Crippen molar-refractivity contribution < 1.29 is 9.72 Å². The van der Waals surface area contributed by atoms with Crippen LogP contribution < -0.4 is 5.43 Å². The number of rotatable bonds is 6. The molecule has 0 aliphatic heterocycles. The number of nitro benzene ring substituents is 1. The summed E-state index contributed by atoms with van der Waals surface area (Å²) in [5.74, 6) is -0.413. The highest BCUT2D eigenvalue weighted by Crippen LogP contribution is 2.23. The highest BCUT2D eigenvalue weighted by atomic mass is 16.6. The molecule has 0 aliphatic rings. The molecule has 3 aromatic rings. The first kappa shape index (κ1) is 21.0. The summed E-state index contributed by atoms with van der Waals surface area (Å²) < 4.78 is 2.16. The number of nitrogens with zero attached hydrogens (tertiary/aromatic N) is 3. The first-order valence-electron chi connectivity index (χ1n) is 9.58. The van der Waals surface area contributed by atoms with Gasteiger partial charge in [-0.1, -0.05) is 35.9 Å². The summed E-state index contributed by atoms with van der Waals surface area (Å²) >= 11 is 0. The molecule has 1 heterocycles. The number of carbonyl (C=O) groups excluding carboxylic acids is 1. The Morgan fingerprint density at radius 1 is 1.13 bits per heavy atom. The Hall–Kier alpha value is -3.74. The van der Waals surface area contributed by atoms with Gasteiger partial charge in [0, 0.05) is 34.3 Å². The maximum atomic E-state index is 12.2. The van der Waals surface area contributed by atoms with Crippen LogP contribution in [0.3, 0.4) is 0 Å². The van der Waals surface area contributed by atoms with Crippen LogP contribution in [-0.2, 0) is 11.2 Å². The number of benzene rings is 2. The number of nitro groups is 1. The highest BCUT2D eigenvalue weighted by Gasteiger charge is 2.15. The van der Waals surface area contributed by atoms with Gasteiger partial charge in [0.05, 0.1) is 17.6 Å². The van der Waals surface area contributed by atoms with Gasteiger partial charge in [-0.3, -0.25) is 14.9 Å². The molecule has 0 aliphatic carbocycles. The van der Waals surface area contributed by atoms with Gasteiger partial charge in [0.25, 0.3) is 5.69 Å². The lowest BCUT2D eigenvalue weighted by molar-refractivity contribution is -0.385. The quantitative estimate of drug-likeness (QED) is 0.377. The number of amides is 1. The summed E-state index contributed by atoms with van der Waals surface area (Å²) in [6.07, 6.45) is 1.48. The lowest BCUT2D eigenvalue weighted by atomic mass is 10.1. The molecule has 30 heavy (non-hydrogen) atoms. The number of hydrogen-bond donors (Lipinski definition) is 1. The van der Waals surface area contributed by atoms with Crippen molar-refractivity contribution in [1.82, 2.24) is 9.99 Å². The summed E-state index contributed by atoms with van der Waals surface area (Å²) in [5, 5.41) is 15.1. The van der Waals surface area contributed by atoms with Crippen LogP contribution in [0.2, 0.25) is 0 Å². The first-order chi connectivity index (χ1) is 14.3. The zero-order chi connectivity index (χ0) is 21.8. The molecule has 0 radical (unpaired) electrons. The van der Waals surface area contributed by atoms with E-state index in [9.17, 15) is 14.9 Å². The summed E-state index contributed by atoms with van der Waals surface area (Å²) in [6.45, 7) is 8.18. The first-order valence-corrected chi connectivity index (χ1v) is 9.58. The number of aryl methyl sites for hydroxylation is 3. The van der Waals surface area contributed by atoms with Crippen LogP contribution in [0.5, 0.6) is 0 Å². The van der Waals surface area contributed by atoms with Crippen LogP contribution in [0.15, 0.2) is 53.6 Å². The Balaban J connectivity index is 1.75. The number of para-hydroxylation sites is 1. The second kappa shape index (κ2) is 8.73. The number of hydrazone groups is 1. The number of aromatic nitrogens is 1. The average Bonchev–Trinajstić information content (AvgIpc) is 2.96. The fourth-order valence-electron chi connectivity index (χ4n) is 3.57. The number of hydrogen-bond acceptors (Lipinski definition) is 4. The lowest BCUT2D eigenvalue weighted by Gasteiger charge is -2.13. The molecule has 7 nitrogen and oxygen atoms in total. The van der Waals surface area contributed by atoms with Gasteiger partial charge in [0.15, 0.2) is 0 Å². The highest BCUT2D eigenvalue weighted by molar-refractivity contribution is 5.85. The fraction of sp³-hybridized carbons (Fsp3) is 0.217. The van der Waals surface area contributed by atoms with Crippen LogP contribution in [-0.4, -0.2) is 21.6 Å². The second-order valence-corrected chi connectivity index (χ2v) is 7.31. The smallest absolute Gasteiger partial charge is 0.273 e. The molecule has 2 aromatic carbocycles. The molecule has 1 N–H and O–H groups in total. The van der Waals surface area contributed by atoms with Gasteiger partial charge in [-0.05, 0) is 45.4 Å². The molecular weight excluding hydrogens is 380 g/mol. The zero-order valence-electron chi connectivity index (χ0n) is 17.5. The number of carbonyl (C=O) groups is 1. The minimum absolute atomic E-state index is 0.0753. The van der Waals surface area contributed by atoms with E-state index in [2.05, 4.69) is 47.1 Å². The van der Waals surface area contributed by atoms with Crippen molar-refractivity contribution in [2.75, 3.05) is 0 Å². The topological polar surface area (TPSA) is 89.5 Å². The third kappa shape index (κ3) is 4.46. The van der Waals surface area contributed by atoms with Gasteiger partial charge in [0.1, 0.15) is 0 Å². The van der Waals surface area contributed by atoms with Crippen molar-refractivity contribution in [3.63, 3.8) is 0 Å². The fourth-order valence-corrected chi connectivity index (χ4v) is 3.57. The van der Waals surface area contributed by atoms with Crippen LogP contribution in [0.1, 0.15) is 33.6 Å². The largest absolute Gasteiger partial charge is 0.318 e. The van der Waals surface area contributed by atoms with E-state index >= 15 is 0 Å². The minimum atomic E-state index is -0.492. The summed E-state index contributed by atoms with van der Waals surface area (Å²) in [6, 6.07) is 14.5. The van der Waals surface area contributed by atoms with E-state index in [-0.39, 0.29) is 12.1 Å². The Kier molecular flexibility index (Phi) is 6.11. The maximum Gasteiger partial charge on any atom is 0.273 e. The van der Waals surface area contributed by atoms with E-state index in [4.69, 9.17) is 0 Å². The normalized spacial score (nSPS) is 11.1. The van der Waals surface area contributed by atoms with E-state index in [1.807, 2.05) is 19.9 Å². The number of nitrogens with one attached hydrogen (secondary N) is 1. The maximum absolute atomic E-state index is 12.2. The van der Waals surface area contributed by atoms with Crippen molar-refractivity contribution >= 4 is 17.8 Å². The molecule has 3 rings (SSSR count). The van der Waals surface area contributed by atoms with Crippen molar-refractivity contribution in [3.8, 4) is 5.69 Å². The van der Waals surface area contributed by atoms with E-state index in [0.29, 0.717) is 5.56 Å². The SMILES string of the molecule is Cc1ccc(-n2c(C)cc(/C=N/NC(=O)Cc3ccccc3[N+](=O)[O-])c2C)c(C)c1.